The number of hydrogen-bond acceptors (Lipinski definition) is 2. The standard InChI is InChI=1S/C18H25NO2/c1-5-15(19-17(20)12-18(2,3)4)11-13-6-7-16-14(10-13)8-9-21-16/h6-10,15H,5,11-12H2,1-4H3,(H,19,20)/t15-/m0/s1. The molecule has 0 aliphatic carbocycles. The number of carbonyl (C=O) groups excluding carboxylic acids is 1. The van der Waals surface area contributed by atoms with Crippen molar-refractivity contribution in [1.82, 2.24) is 5.32 Å². The molecule has 1 amide bonds. The Bertz CT molecular complexity index is 607. The summed E-state index contributed by atoms with van der Waals surface area (Å²) < 4.78 is 5.35. The fraction of sp³-hybridized carbons (Fsp3) is 0.500. The molecule has 0 aliphatic rings. The molecule has 1 aromatic carbocycles. The molecule has 0 saturated carbocycles. The third-order valence-electron chi connectivity index (χ3n) is 3.55. The molecule has 0 spiro atoms. The zero-order chi connectivity index (χ0) is 15.5. The molecule has 0 fully saturated rings. The summed E-state index contributed by atoms with van der Waals surface area (Å²) in [5.41, 5.74) is 2.16. The normalized spacial score (nSPS) is 13.3. The Morgan fingerprint density at radius 1 is 1.29 bits per heavy atom. The minimum Gasteiger partial charge on any atom is -0.464 e. The SMILES string of the molecule is CC[C@@H](Cc1ccc2occc2c1)NC(=O)CC(C)(C)C. The second-order valence-corrected chi connectivity index (χ2v) is 6.91. The van der Waals surface area contributed by atoms with Gasteiger partial charge in [-0.25, -0.2) is 0 Å². The van der Waals surface area contributed by atoms with E-state index < -0.39 is 0 Å². The van der Waals surface area contributed by atoms with Gasteiger partial charge in [0.2, 0.25) is 5.91 Å². The van der Waals surface area contributed by atoms with Gasteiger partial charge in [0.1, 0.15) is 5.58 Å². The van der Waals surface area contributed by atoms with Crippen LogP contribution < -0.4 is 5.32 Å². The summed E-state index contributed by atoms with van der Waals surface area (Å²) >= 11 is 0. The highest BCUT2D eigenvalue weighted by atomic mass is 16.3. The van der Waals surface area contributed by atoms with Gasteiger partial charge in [0, 0.05) is 17.8 Å². The van der Waals surface area contributed by atoms with Gasteiger partial charge in [0.15, 0.2) is 0 Å². The maximum Gasteiger partial charge on any atom is 0.220 e. The third-order valence-corrected chi connectivity index (χ3v) is 3.55. The molecule has 0 saturated heterocycles. The van der Waals surface area contributed by atoms with E-state index in [4.69, 9.17) is 4.42 Å². The van der Waals surface area contributed by atoms with Gasteiger partial charge in [-0.3, -0.25) is 4.79 Å². The summed E-state index contributed by atoms with van der Waals surface area (Å²) in [6, 6.07) is 8.36. The maximum atomic E-state index is 12.1. The predicted molar refractivity (Wildman–Crippen MR) is 86.2 cm³/mol. The second-order valence-electron chi connectivity index (χ2n) is 6.91. The van der Waals surface area contributed by atoms with E-state index in [0.717, 1.165) is 23.8 Å². The minimum atomic E-state index is 0.0259. The van der Waals surface area contributed by atoms with Gasteiger partial charge < -0.3 is 9.73 Å². The van der Waals surface area contributed by atoms with Crippen molar-refractivity contribution in [3.05, 3.63) is 36.1 Å². The zero-order valence-corrected chi connectivity index (χ0v) is 13.4. The Labute approximate surface area is 126 Å². The van der Waals surface area contributed by atoms with Gasteiger partial charge in [-0.15, -0.1) is 0 Å². The van der Waals surface area contributed by atoms with Crippen LogP contribution in [0, 0.1) is 5.41 Å². The number of carbonyl (C=O) groups is 1. The molecular formula is C18H25NO2. The van der Waals surface area contributed by atoms with Crippen LogP contribution in [0.5, 0.6) is 0 Å². The van der Waals surface area contributed by atoms with E-state index in [-0.39, 0.29) is 17.4 Å². The average Bonchev–Trinajstić information content (AvgIpc) is 2.83. The van der Waals surface area contributed by atoms with Crippen LogP contribution >= 0.6 is 0 Å². The Kier molecular flexibility index (Phi) is 4.71. The van der Waals surface area contributed by atoms with E-state index in [0.29, 0.717) is 6.42 Å². The molecule has 3 heteroatoms. The van der Waals surface area contributed by atoms with Crippen LogP contribution in [-0.4, -0.2) is 11.9 Å². The lowest BCUT2D eigenvalue weighted by molar-refractivity contribution is -0.123. The average molecular weight is 287 g/mol. The lowest BCUT2D eigenvalue weighted by Crippen LogP contribution is -2.37. The number of rotatable bonds is 5. The monoisotopic (exact) mass is 287 g/mol. The largest absolute Gasteiger partial charge is 0.464 e. The van der Waals surface area contributed by atoms with Crippen molar-refractivity contribution in [1.29, 1.82) is 0 Å². The molecule has 1 N–H and O–H groups in total. The van der Waals surface area contributed by atoms with Gasteiger partial charge in [0.05, 0.1) is 6.26 Å². The van der Waals surface area contributed by atoms with Crippen LogP contribution in [0.25, 0.3) is 11.0 Å². The van der Waals surface area contributed by atoms with Crippen molar-refractivity contribution >= 4 is 16.9 Å². The smallest absolute Gasteiger partial charge is 0.220 e. The summed E-state index contributed by atoms with van der Waals surface area (Å²) in [5, 5.41) is 4.27. The fourth-order valence-corrected chi connectivity index (χ4v) is 2.49. The van der Waals surface area contributed by atoms with Gasteiger partial charge in [-0.2, -0.15) is 0 Å². The van der Waals surface area contributed by atoms with Crippen molar-refractivity contribution < 1.29 is 9.21 Å². The molecule has 0 unspecified atom stereocenters. The first kappa shape index (κ1) is 15.6. The first-order valence-electron chi connectivity index (χ1n) is 7.63. The number of hydrogen-bond donors (Lipinski definition) is 1. The van der Waals surface area contributed by atoms with Crippen LogP contribution in [0.15, 0.2) is 34.9 Å². The molecular weight excluding hydrogens is 262 g/mol. The van der Waals surface area contributed by atoms with Crippen LogP contribution in [0.4, 0.5) is 0 Å². The van der Waals surface area contributed by atoms with Crippen molar-refractivity contribution in [3.8, 4) is 0 Å². The zero-order valence-electron chi connectivity index (χ0n) is 13.4. The molecule has 1 heterocycles. The van der Waals surface area contributed by atoms with Gasteiger partial charge in [0.25, 0.3) is 0 Å². The predicted octanol–water partition coefficient (Wildman–Crippen LogP) is 4.31. The molecule has 2 aromatic rings. The highest BCUT2D eigenvalue weighted by Gasteiger charge is 2.18. The summed E-state index contributed by atoms with van der Waals surface area (Å²) in [5.74, 6) is 0.138. The molecule has 1 aromatic heterocycles. The maximum absolute atomic E-state index is 12.1. The Morgan fingerprint density at radius 3 is 2.71 bits per heavy atom. The van der Waals surface area contributed by atoms with E-state index in [1.807, 2.05) is 12.1 Å². The molecule has 0 aliphatic heterocycles. The van der Waals surface area contributed by atoms with E-state index in [9.17, 15) is 4.79 Å². The Balaban J connectivity index is 1.99. The molecule has 0 radical (unpaired) electrons. The van der Waals surface area contributed by atoms with Crippen LogP contribution in [0.2, 0.25) is 0 Å². The summed E-state index contributed by atoms with van der Waals surface area (Å²) in [7, 11) is 0. The van der Waals surface area contributed by atoms with Gasteiger partial charge >= 0.3 is 0 Å². The Hall–Kier alpha value is -1.77. The number of benzene rings is 1. The van der Waals surface area contributed by atoms with Crippen LogP contribution in [0.1, 0.15) is 46.1 Å². The highest BCUT2D eigenvalue weighted by molar-refractivity contribution is 5.78. The van der Waals surface area contributed by atoms with Crippen molar-refractivity contribution in [2.45, 2.75) is 53.0 Å². The molecule has 21 heavy (non-hydrogen) atoms. The topological polar surface area (TPSA) is 42.2 Å². The molecule has 3 nitrogen and oxygen atoms in total. The minimum absolute atomic E-state index is 0.0259. The number of amides is 1. The van der Waals surface area contributed by atoms with E-state index in [2.05, 4.69) is 45.1 Å². The van der Waals surface area contributed by atoms with Gasteiger partial charge in [-0.05, 0) is 42.0 Å². The van der Waals surface area contributed by atoms with E-state index >= 15 is 0 Å². The number of furan rings is 1. The summed E-state index contributed by atoms with van der Waals surface area (Å²) in [4.78, 5) is 12.1. The summed E-state index contributed by atoms with van der Waals surface area (Å²) in [6.07, 6.45) is 4.05. The number of nitrogens with one attached hydrogen (secondary N) is 1. The third kappa shape index (κ3) is 4.62. The lowest BCUT2D eigenvalue weighted by Gasteiger charge is -2.21. The molecule has 1 atom stereocenters. The van der Waals surface area contributed by atoms with Crippen molar-refractivity contribution in [3.63, 3.8) is 0 Å². The molecule has 0 bridgehead atoms. The van der Waals surface area contributed by atoms with E-state index in [1.165, 1.54) is 5.56 Å². The van der Waals surface area contributed by atoms with E-state index in [1.54, 1.807) is 6.26 Å². The summed E-state index contributed by atoms with van der Waals surface area (Å²) in [6.45, 7) is 8.36. The fourth-order valence-electron chi connectivity index (χ4n) is 2.49. The van der Waals surface area contributed by atoms with Crippen LogP contribution in [0.3, 0.4) is 0 Å². The lowest BCUT2D eigenvalue weighted by atomic mass is 9.91. The molecule has 2 rings (SSSR count). The second kappa shape index (κ2) is 6.33. The van der Waals surface area contributed by atoms with Crippen molar-refractivity contribution in [2.24, 2.45) is 5.41 Å². The first-order valence-corrected chi connectivity index (χ1v) is 7.63. The van der Waals surface area contributed by atoms with Gasteiger partial charge in [-0.1, -0.05) is 33.8 Å². The van der Waals surface area contributed by atoms with Crippen molar-refractivity contribution in [2.75, 3.05) is 0 Å². The molecule has 114 valence electrons. The quantitative estimate of drug-likeness (QED) is 0.890. The highest BCUT2D eigenvalue weighted by Crippen LogP contribution is 2.20. The first-order chi connectivity index (χ1) is 9.87. The van der Waals surface area contributed by atoms with Crippen LogP contribution in [-0.2, 0) is 11.2 Å². The Morgan fingerprint density at radius 2 is 2.05 bits per heavy atom. The number of fused-ring (bicyclic) bond motifs is 1.